The Morgan fingerprint density at radius 1 is 0.821 bits per heavy atom. The number of allylic oxidation sites excluding steroid dienone is 1. The third-order valence-corrected chi connectivity index (χ3v) is 13.3. The van der Waals surface area contributed by atoms with E-state index in [1.54, 1.807) is 53.2 Å². The second kappa shape index (κ2) is 6.93. The van der Waals surface area contributed by atoms with Gasteiger partial charge in [-0.1, -0.05) is 48.5 Å². The minimum absolute atomic E-state index is 0.0746. The first-order chi connectivity index (χ1) is 13.3. The molecule has 1 aromatic carbocycles. The van der Waals surface area contributed by atoms with Crippen LogP contribution >= 0.6 is 22.7 Å². The molecule has 1 N–H and O–H groups in total. The van der Waals surface area contributed by atoms with Gasteiger partial charge in [0.2, 0.25) is 23.8 Å². The fourth-order valence-corrected chi connectivity index (χ4v) is 11.2. The highest BCUT2D eigenvalue weighted by molar-refractivity contribution is 8.12. The van der Waals surface area contributed by atoms with Crippen LogP contribution in [0, 0.1) is 0 Å². The van der Waals surface area contributed by atoms with Crippen LogP contribution in [0.4, 0.5) is 0 Å². The Morgan fingerprint density at radius 3 is 1.82 bits per heavy atom. The first-order valence-electron chi connectivity index (χ1n) is 8.32. The molecule has 0 spiro atoms. The van der Waals surface area contributed by atoms with Crippen molar-refractivity contribution in [2.75, 3.05) is 0 Å². The van der Waals surface area contributed by atoms with Crippen LogP contribution in [0.15, 0.2) is 79.9 Å². The van der Waals surface area contributed by atoms with Crippen molar-refractivity contribution in [3.63, 3.8) is 0 Å². The van der Waals surface area contributed by atoms with E-state index in [1.807, 2.05) is 0 Å². The summed E-state index contributed by atoms with van der Waals surface area (Å²) in [6.07, 6.45) is -0.510. The van der Waals surface area contributed by atoms with Gasteiger partial charge in [-0.3, -0.25) is 0 Å². The number of aliphatic hydroxyl groups is 1. The topological polar surface area (TPSA) is 88.5 Å². The van der Waals surface area contributed by atoms with Crippen molar-refractivity contribution in [2.45, 2.75) is 25.0 Å². The smallest absolute Gasteiger partial charge is 0.216 e. The fraction of sp³-hybridized carbons (Fsp3) is 0.158. The molecule has 3 aromatic rings. The summed E-state index contributed by atoms with van der Waals surface area (Å²) in [6.45, 7) is 0. The van der Waals surface area contributed by atoms with Crippen LogP contribution in [0.25, 0.3) is 5.57 Å². The zero-order valence-electron chi connectivity index (χ0n) is 14.4. The first kappa shape index (κ1) is 19.5. The average Bonchev–Trinajstić information content (AvgIpc) is 3.43. The molecule has 0 saturated heterocycles. The molecule has 2 aromatic heterocycles. The van der Waals surface area contributed by atoms with Gasteiger partial charge in [-0.25, -0.2) is 16.8 Å². The van der Waals surface area contributed by atoms with E-state index >= 15 is 0 Å². The standard InChI is InChI=1S/C19H16O5S4/c20-18-15(14-6-2-1-3-7-14)10-11-19(18,27(21,22)16-8-4-12-25-16)28(23,24)17-9-5-13-26-17/h1-10,12-13,18,20H,11H2. The molecule has 1 atom stereocenters. The quantitative estimate of drug-likeness (QED) is 0.639. The predicted molar refractivity (Wildman–Crippen MR) is 111 cm³/mol. The van der Waals surface area contributed by atoms with Crippen LogP contribution in [0.2, 0.25) is 0 Å². The lowest BCUT2D eigenvalue weighted by Gasteiger charge is -2.32. The van der Waals surface area contributed by atoms with E-state index in [4.69, 9.17) is 0 Å². The van der Waals surface area contributed by atoms with E-state index < -0.39 is 29.9 Å². The third kappa shape index (κ3) is 2.65. The molecule has 0 bridgehead atoms. The minimum Gasteiger partial charge on any atom is -0.386 e. The number of hydrogen-bond acceptors (Lipinski definition) is 7. The Balaban J connectivity index is 1.96. The van der Waals surface area contributed by atoms with E-state index in [0.717, 1.165) is 22.7 Å². The number of thiophene rings is 2. The molecule has 2 heterocycles. The molecule has 1 aliphatic rings. The molecule has 146 valence electrons. The van der Waals surface area contributed by atoms with Crippen molar-refractivity contribution < 1.29 is 21.9 Å². The van der Waals surface area contributed by atoms with Gasteiger partial charge in [0.05, 0.1) is 0 Å². The number of aliphatic hydroxyl groups excluding tert-OH is 1. The lowest BCUT2D eigenvalue weighted by molar-refractivity contribution is 0.217. The Bertz CT molecular complexity index is 1140. The van der Waals surface area contributed by atoms with Gasteiger partial charge < -0.3 is 5.11 Å². The van der Waals surface area contributed by atoms with E-state index in [0.29, 0.717) is 11.1 Å². The number of benzene rings is 1. The summed E-state index contributed by atoms with van der Waals surface area (Å²) < 4.78 is 51.8. The molecule has 28 heavy (non-hydrogen) atoms. The Kier molecular flexibility index (Phi) is 4.83. The van der Waals surface area contributed by atoms with Crippen LogP contribution in [-0.2, 0) is 19.7 Å². The van der Waals surface area contributed by atoms with Crippen molar-refractivity contribution in [3.05, 3.63) is 77.0 Å². The fourth-order valence-electron chi connectivity index (χ4n) is 3.45. The second-order valence-electron chi connectivity index (χ2n) is 6.32. The lowest BCUT2D eigenvalue weighted by atomic mass is 10.0. The highest BCUT2D eigenvalue weighted by atomic mass is 32.3. The van der Waals surface area contributed by atoms with Gasteiger partial charge in [0.1, 0.15) is 14.5 Å². The molecule has 1 unspecified atom stereocenters. The summed E-state index contributed by atoms with van der Waals surface area (Å²) in [7, 11) is -8.79. The van der Waals surface area contributed by atoms with Gasteiger partial charge in [0.25, 0.3) is 0 Å². The summed E-state index contributed by atoms with van der Waals surface area (Å²) >= 11 is 1.89. The molecular formula is C19H16O5S4. The monoisotopic (exact) mass is 452 g/mol. The average molecular weight is 453 g/mol. The van der Waals surface area contributed by atoms with Crippen LogP contribution in [0.3, 0.4) is 0 Å². The molecule has 4 rings (SSSR count). The number of rotatable bonds is 5. The van der Waals surface area contributed by atoms with Crippen LogP contribution in [0.5, 0.6) is 0 Å². The summed E-state index contributed by atoms with van der Waals surface area (Å²) in [6, 6.07) is 14.6. The molecule has 0 saturated carbocycles. The highest BCUT2D eigenvalue weighted by Crippen LogP contribution is 2.50. The van der Waals surface area contributed by atoms with E-state index in [9.17, 15) is 21.9 Å². The second-order valence-corrected chi connectivity index (χ2v) is 13.3. The number of hydrogen-bond donors (Lipinski definition) is 1. The van der Waals surface area contributed by atoms with Crippen molar-refractivity contribution in [1.29, 1.82) is 0 Å². The zero-order chi connectivity index (χ0) is 20.0. The summed E-state index contributed by atoms with van der Waals surface area (Å²) in [5, 5.41) is 14.4. The first-order valence-corrected chi connectivity index (χ1v) is 13.0. The minimum atomic E-state index is -4.40. The Labute approximate surface area is 171 Å². The number of sulfone groups is 2. The maximum atomic E-state index is 13.6. The molecule has 9 heteroatoms. The van der Waals surface area contributed by atoms with E-state index in [2.05, 4.69) is 0 Å². The van der Waals surface area contributed by atoms with Crippen LogP contribution in [0.1, 0.15) is 12.0 Å². The Morgan fingerprint density at radius 2 is 1.36 bits per heavy atom. The molecule has 0 aliphatic heterocycles. The summed E-state index contributed by atoms with van der Waals surface area (Å²) in [5.41, 5.74) is 0.903. The maximum Gasteiger partial charge on any atom is 0.216 e. The molecule has 0 amide bonds. The lowest BCUT2D eigenvalue weighted by Crippen LogP contribution is -2.52. The summed E-state index contributed by atoms with van der Waals surface area (Å²) in [4.78, 5) is 0. The predicted octanol–water partition coefficient (Wildman–Crippen LogP) is 3.60. The van der Waals surface area contributed by atoms with E-state index in [1.165, 1.54) is 18.2 Å². The maximum absolute atomic E-state index is 13.6. The molecule has 5 nitrogen and oxygen atoms in total. The zero-order valence-corrected chi connectivity index (χ0v) is 17.7. The summed E-state index contributed by atoms with van der Waals surface area (Å²) in [5.74, 6) is 0. The SMILES string of the molecule is O=S(=O)(c1cccs1)C1(S(=O)(=O)c2cccs2)CC=C(c2ccccc2)C1O. The molecule has 0 radical (unpaired) electrons. The van der Waals surface area contributed by atoms with Gasteiger partial charge in [-0.05, 0) is 34.0 Å². The molecule has 0 fully saturated rings. The molecule has 1 aliphatic carbocycles. The largest absolute Gasteiger partial charge is 0.386 e. The van der Waals surface area contributed by atoms with Crippen LogP contribution in [-0.4, -0.2) is 32.1 Å². The third-order valence-electron chi connectivity index (χ3n) is 4.85. The van der Waals surface area contributed by atoms with Crippen molar-refractivity contribution in [2.24, 2.45) is 0 Å². The Hall–Kier alpha value is -1.78. The van der Waals surface area contributed by atoms with Gasteiger partial charge in [-0.2, -0.15) is 0 Å². The van der Waals surface area contributed by atoms with Gasteiger partial charge in [0.15, 0.2) is 0 Å². The van der Waals surface area contributed by atoms with Gasteiger partial charge >= 0.3 is 0 Å². The highest BCUT2D eigenvalue weighted by Gasteiger charge is 2.64. The van der Waals surface area contributed by atoms with Gasteiger partial charge in [0, 0.05) is 6.42 Å². The van der Waals surface area contributed by atoms with Gasteiger partial charge in [-0.15, -0.1) is 22.7 Å². The van der Waals surface area contributed by atoms with E-state index in [-0.39, 0.29) is 14.8 Å². The van der Waals surface area contributed by atoms with Crippen molar-refractivity contribution in [1.82, 2.24) is 0 Å². The van der Waals surface area contributed by atoms with Crippen molar-refractivity contribution >= 4 is 47.9 Å². The van der Waals surface area contributed by atoms with Crippen molar-refractivity contribution in [3.8, 4) is 0 Å². The molecular weight excluding hydrogens is 436 g/mol. The van der Waals surface area contributed by atoms with Crippen LogP contribution < -0.4 is 0 Å². The normalized spacial score (nSPS) is 19.5.